The SMILES string of the molecule is CC(=O)C=C(C)O.CC(=O)C=C(C)O.[Ir].[Ir].[Ir].[Ir].[c-]1ccc2ccccc2c1-c1cc2ccccc2cn1.[c-]1ccccc1-c1ccccn1.[c-]1ccccc1-c1nccc2ccccc12.[c-]1ccsc1-c1nccc2ccccc12.[c-]1cnccc1-c1nccc2ccccc12. The van der Waals surface area contributed by atoms with Crippen molar-refractivity contribution in [1.29, 1.82) is 0 Å². The molecular formula is C82H63Ir4N6O4S-5. The molecule has 15 aromatic rings. The minimum atomic E-state index is -0.125. The summed E-state index contributed by atoms with van der Waals surface area (Å²) >= 11 is 1.67. The van der Waals surface area contributed by atoms with Gasteiger partial charge in [-0.15, -0.1) is 112 Å². The molecule has 0 fully saturated rings. The van der Waals surface area contributed by atoms with E-state index < -0.39 is 0 Å². The second kappa shape index (κ2) is 41.6. The summed E-state index contributed by atoms with van der Waals surface area (Å²) in [6, 6.07) is 95.1. The number of allylic oxidation sites excluding steroid dienone is 4. The van der Waals surface area contributed by atoms with E-state index in [-0.39, 0.29) is 104 Å². The van der Waals surface area contributed by atoms with Crippen molar-refractivity contribution in [3.8, 4) is 55.6 Å². The van der Waals surface area contributed by atoms with Gasteiger partial charge >= 0.3 is 0 Å². The van der Waals surface area contributed by atoms with Crippen LogP contribution in [-0.2, 0) is 90.0 Å². The largest absolute Gasteiger partial charge is 0.512 e. The predicted molar refractivity (Wildman–Crippen MR) is 380 cm³/mol. The van der Waals surface area contributed by atoms with Gasteiger partial charge in [0.15, 0.2) is 11.6 Å². The molecule has 0 aliphatic heterocycles. The molecule has 10 nitrogen and oxygen atoms in total. The number of carbonyl (C=O) groups excluding carboxylic acids is 2. The Labute approximate surface area is 623 Å². The molecule has 0 bridgehead atoms. The summed E-state index contributed by atoms with van der Waals surface area (Å²) in [7, 11) is 0. The standard InChI is InChI=1S/C19H12N.C15H10N.C14H9N2.C13H8NS.C11H8N.2C5H8O2.4Ir/c1-2-8-16-13-20-19(12-15(16)7-1)18-11-5-9-14-6-3-4-10-17(14)18;1-2-7-13(8-3-1)15-14-9-5-4-6-12(14)10-11-16-15;1-2-4-13-11(3-1)7-10-16-14(13)12-5-8-15-9-6-12;1-2-5-11-10(4-1)7-8-14-13(11)12-6-3-9-15-12;1-2-6-10(7-3-1)11-8-4-5-9-12-11;2*1-4(6)3-5(2)7;;;;/h1-10,12-13H;1-7,9-11H;1-5,7-10H;1-5,7-9H;1-6,8-9H;2*3,6H,1-2H3;;;;/q5*-1;;;;;;. The molecule has 2 N–H and O–H groups in total. The number of thiophene rings is 1. The number of fused-ring (bicyclic) bond motifs is 5. The Balaban J connectivity index is 0.000000208. The molecule has 0 atom stereocenters. The van der Waals surface area contributed by atoms with Gasteiger partial charge in [-0.1, -0.05) is 150 Å². The number of hydrogen-bond acceptors (Lipinski definition) is 11. The van der Waals surface area contributed by atoms with Crippen LogP contribution < -0.4 is 0 Å². The number of hydrogen-bond donors (Lipinski definition) is 2. The van der Waals surface area contributed by atoms with Crippen molar-refractivity contribution >= 4 is 76.8 Å². The number of rotatable bonds is 7. The van der Waals surface area contributed by atoms with E-state index in [0.29, 0.717) is 0 Å². The third kappa shape index (κ3) is 23.8. The molecule has 0 saturated heterocycles. The van der Waals surface area contributed by atoms with E-state index >= 15 is 0 Å². The van der Waals surface area contributed by atoms with Crippen LogP contribution in [0.15, 0.2) is 309 Å². The van der Waals surface area contributed by atoms with Gasteiger partial charge < -0.3 is 35.1 Å². The van der Waals surface area contributed by atoms with Gasteiger partial charge in [0.25, 0.3) is 0 Å². The number of aliphatic hydroxyl groups excluding tert-OH is 2. The number of aromatic nitrogens is 6. The predicted octanol–water partition coefficient (Wildman–Crippen LogP) is 20.0. The zero-order valence-electron chi connectivity index (χ0n) is 52.9. The summed E-state index contributed by atoms with van der Waals surface area (Å²) in [5.41, 5.74) is 9.05. The van der Waals surface area contributed by atoms with E-state index in [2.05, 4.69) is 151 Å². The van der Waals surface area contributed by atoms with Crippen LogP contribution >= 0.6 is 11.3 Å². The van der Waals surface area contributed by atoms with E-state index in [1.165, 1.54) is 82.9 Å². The van der Waals surface area contributed by atoms with Crippen LogP contribution in [0, 0.1) is 30.3 Å². The molecule has 0 saturated carbocycles. The average molecular weight is 2000 g/mol. The summed E-state index contributed by atoms with van der Waals surface area (Å²) in [6.45, 7) is 5.70. The molecule has 15 rings (SSSR count). The molecule has 0 aliphatic rings. The average Bonchev–Trinajstić information content (AvgIpc) is 1.16. The topological polar surface area (TPSA) is 152 Å². The van der Waals surface area contributed by atoms with Gasteiger partial charge in [-0.05, 0) is 136 Å². The van der Waals surface area contributed by atoms with Crippen molar-refractivity contribution in [2.24, 2.45) is 0 Å². The molecule has 7 heterocycles. The first-order valence-electron chi connectivity index (χ1n) is 29.6. The Kier molecular flexibility index (Phi) is 33.6. The quantitative estimate of drug-likeness (QED) is 0.0896. The van der Waals surface area contributed by atoms with Crippen LogP contribution in [0.1, 0.15) is 27.7 Å². The Morgan fingerprint density at radius 1 is 0.371 bits per heavy atom. The van der Waals surface area contributed by atoms with Crippen molar-refractivity contribution < 1.29 is 100 Å². The summed E-state index contributed by atoms with van der Waals surface area (Å²) in [4.78, 5) is 47.2. The number of nitrogens with zero attached hydrogens (tertiary/aromatic N) is 6. The molecule has 0 unspecified atom stereocenters. The van der Waals surface area contributed by atoms with Crippen molar-refractivity contribution in [2.45, 2.75) is 27.7 Å². The van der Waals surface area contributed by atoms with Gasteiger partial charge in [0.05, 0.1) is 11.5 Å². The van der Waals surface area contributed by atoms with E-state index in [0.717, 1.165) is 66.4 Å². The number of aliphatic hydroxyl groups is 2. The van der Waals surface area contributed by atoms with E-state index in [1.54, 1.807) is 29.9 Å². The van der Waals surface area contributed by atoms with Crippen LogP contribution in [0.5, 0.6) is 0 Å². The normalized spacial score (nSPS) is 10.2. The fourth-order valence-electron chi connectivity index (χ4n) is 9.60. The third-order valence-corrected chi connectivity index (χ3v) is 14.4. The van der Waals surface area contributed by atoms with Gasteiger partial charge in [-0.25, -0.2) is 11.3 Å². The molecule has 4 radical (unpaired) electrons. The fourth-order valence-corrected chi connectivity index (χ4v) is 10.3. The summed E-state index contributed by atoms with van der Waals surface area (Å²) in [6.07, 6.45) is 15.0. The van der Waals surface area contributed by atoms with Crippen LogP contribution in [0.2, 0.25) is 0 Å². The van der Waals surface area contributed by atoms with Crippen molar-refractivity contribution in [3.63, 3.8) is 0 Å². The van der Waals surface area contributed by atoms with Crippen molar-refractivity contribution in [2.75, 3.05) is 0 Å². The molecule has 7 aromatic heterocycles. The van der Waals surface area contributed by atoms with E-state index in [9.17, 15) is 9.59 Å². The minimum absolute atomic E-state index is 0. The van der Waals surface area contributed by atoms with Crippen LogP contribution in [-0.4, -0.2) is 51.7 Å². The first-order valence-corrected chi connectivity index (χ1v) is 30.5. The Morgan fingerprint density at radius 3 is 1.30 bits per heavy atom. The first kappa shape index (κ1) is 78.4. The zero-order chi connectivity index (χ0) is 65.0. The molecule has 492 valence electrons. The molecule has 15 heteroatoms. The summed E-state index contributed by atoms with van der Waals surface area (Å²) < 4.78 is 0. The van der Waals surface area contributed by atoms with E-state index in [1.807, 2.05) is 176 Å². The maximum Gasteiger partial charge on any atom is 0.155 e. The van der Waals surface area contributed by atoms with Gasteiger partial charge in [0.1, 0.15) is 0 Å². The minimum Gasteiger partial charge on any atom is -0.512 e. The van der Waals surface area contributed by atoms with Gasteiger partial charge in [-0.3, -0.25) is 14.6 Å². The Morgan fingerprint density at radius 2 is 0.835 bits per heavy atom. The summed E-state index contributed by atoms with van der Waals surface area (Å²) in [5, 5.41) is 30.7. The second-order valence-electron chi connectivity index (χ2n) is 20.6. The summed E-state index contributed by atoms with van der Waals surface area (Å²) in [5.74, 6) is -0.125. The number of benzene rings is 8. The monoisotopic (exact) mass is 2000 g/mol. The number of pyridine rings is 6. The Bertz CT molecular complexity index is 4730. The molecule has 0 spiro atoms. The van der Waals surface area contributed by atoms with Crippen molar-refractivity contribution in [1.82, 2.24) is 29.9 Å². The fraction of sp³-hybridized carbons (Fsp3) is 0.0488. The zero-order valence-corrected chi connectivity index (χ0v) is 63.3. The maximum atomic E-state index is 10.0. The van der Waals surface area contributed by atoms with Gasteiger partial charge in [0, 0.05) is 124 Å². The number of carbonyl (C=O) groups is 2. The molecule has 0 aliphatic carbocycles. The number of ketones is 2. The van der Waals surface area contributed by atoms with Crippen LogP contribution in [0.3, 0.4) is 0 Å². The van der Waals surface area contributed by atoms with Gasteiger partial charge in [0.2, 0.25) is 0 Å². The third-order valence-electron chi connectivity index (χ3n) is 13.6. The maximum absolute atomic E-state index is 10.0. The molecule has 97 heavy (non-hydrogen) atoms. The molecule has 0 amide bonds. The van der Waals surface area contributed by atoms with Crippen molar-refractivity contribution in [3.05, 3.63) is 339 Å². The smallest absolute Gasteiger partial charge is 0.155 e. The second-order valence-corrected chi connectivity index (χ2v) is 21.5. The molecule has 8 aromatic carbocycles. The first-order chi connectivity index (χ1) is 45.5. The van der Waals surface area contributed by atoms with E-state index in [4.69, 9.17) is 10.2 Å². The molecular weight excluding hydrogens is 1930 g/mol. The Hall–Kier alpha value is -9.32. The van der Waals surface area contributed by atoms with Crippen LogP contribution in [0.25, 0.3) is 109 Å². The van der Waals surface area contributed by atoms with Crippen LogP contribution in [0.4, 0.5) is 0 Å². The van der Waals surface area contributed by atoms with Gasteiger partial charge in [-0.2, -0.15) is 23.8 Å².